The van der Waals surface area contributed by atoms with E-state index in [1.807, 2.05) is 0 Å². The average Bonchev–Trinajstić information content (AvgIpc) is 2.31. The normalized spacial score (nSPS) is 13.5. The van der Waals surface area contributed by atoms with Crippen LogP contribution in [-0.2, 0) is 9.84 Å². The molecule has 1 aromatic carbocycles. The van der Waals surface area contributed by atoms with Crippen molar-refractivity contribution in [3.8, 4) is 0 Å². The lowest BCUT2D eigenvalue weighted by Crippen LogP contribution is -2.24. The number of sulfone groups is 1. The number of halogens is 3. The minimum atomic E-state index is -3.21. The van der Waals surface area contributed by atoms with Crippen LogP contribution in [0.1, 0.15) is 24.9 Å². The fourth-order valence-corrected chi connectivity index (χ4v) is 2.42. The molecule has 7 heteroatoms. The minimum absolute atomic E-state index is 0.0654. The molecule has 1 rings (SSSR count). The Morgan fingerprint density at radius 1 is 1.21 bits per heavy atom. The summed E-state index contributed by atoms with van der Waals surface area (Å²) in [7, 11) is -3.21. The summed E-state index contributed by atoms with van der Waals surface area (Å²) in [6.07, 6.45) is 1.16. The summed E-state index contributed by atoms with van der Waals surface area (Å²) in [5.41, 5.74) is -0.0654. The van der Waals surface area contributed by atoms with Crippen molar-refractivity contribution in [3.05, 3.63) is 35.1 Å². The molecule has 19 heavy (non-hydrogen) atoms. The van der Waals surface area contributed by atoms with Crippen molar-refractivity contribution < 1.29 is 21.6 Å². The number of benzene rings is 1. The van der Waals surface area contributed by atoms with E-state index in [0.717, 1.165) is 18.4 Å². The van der Waals surface area contributed by atoms with Crippen LogP contribution in [-0.4, -0.2) is 27.0 Å². The molecule has 3 nitrogen and oxygen atoms in total. The van der Waals surface area contributed by atoms with Gasteiger partial charge in [0.05, 0.1) is 5.75 Å². The maximum Gasteiger partial charge on any atom is 0.194 e. The van der Waals surface area contributed by atoms with Crippen LogP contribution in [0.25, 0.3) is 0 Å². The number of hydrogen-bond donors (Lipinski definition) is 1. The van der Waals surface area contributed by atoms with Gasteiger partial charge in [0, 0.05) is 17.9 Å². The van der Waals surface area contributed by atoms with Gasteiger partial charge in [-0.2, -0.15) is 0 Å². The lowest BCUT2D eigenvalue weighted by atomic mass is 10.0. The Kier molecular flexibility index (Phi) is 5.37. The molecule has 0 aliphatic carbocycles. The van der Waals surface area contributed by atoms with Gasteiger partial charge in [-0.1, -0.05) is 13.0 Å². The molecule has 1 unspecified atom stereocenters. The molecule has 0 fully saturated rings. The first-order chi connectivity index (χ1) is 8.76. The van der Waals surface area contributed by atoms with Gasteiger partial charge in [-0.3, -0.25) is 0 Å². The van der Waals surface area contributed by atoms with E-state index in [9.17, 15) is 21.6 Å². The highest BCUT2D eigenvalue weighted by atomic mass is 32.2. The molecule has 0 saturated heterocycles. The summed E-state index contributed by atoms with van der Waals surface area (Å²) in [5, 5.41) is 2.87. The molecule has 0 bridgehead atoms. The maximum atomic E-state index is 13.7. The highest BCUT2D eigenvalue weighted by Crippen LogP contribution is 2.24. The van der Waals surface area contributed by atoms with Gasteiger partial charge < -0.3 is 5.32 Å². The highest BCUT2D eigenvalue weighted by Gasteiger charge is 2.21. The van der Waals surface area contributed by atoms with Crippen LogP contribution in [0.4, 0.5) is 13.2 Å². The summed E-state index contributed by atoms with van der Waals surface area (Å²) >= 11 is 0. The van der Waals surface area contributed by atoms with Gasteiger partial charge in [0.25, 0.3) is 0 Å². The molecular formula is C12H16F3NO2S. The Morgan fingerprint density at radius 2 is 1.84 bits per heavy atom. The summed E-state index contributed by atoms with van der Waals surface area (Å²) in [6.45, 7) is 2.21. The lowest BCUT2D eigenvalue weighted by Gasteiger charge is -2.18. The van der Waals surface area contributed by atoms with Crippen molar-refractivity contribution in [2.24, 2.45) is 0 Å². The van der Waals surface area contributed by atoms with E-state index in [0.29, 0.717) is 6.54 Å². The molecule has 0 radical (unpaired) electrons. The molecule has 0 aliphatic heterocycles. The van der Waals surface area contributed by atoms with Crippen LogP contribution >= 0.6 is 0 Å². The van der Waals surface area contributed by atoms with E-state index in [4.69, 9.17) is 0 Å². The Bertz CT molecular complexity index is 546. The zero-order chi connectivity index (χ0) is 14.6. The smallest absolute Gasteiger partial charge is 0.194 e. The average molecular weight is 295 g/mol. The van der Waals surface area contributed by atoms with Gasteiger partial charge in [-0.15, -0.1) is 0 Å². The van der Waals surface area contributed by atoms with Crippen LogP contribution in [0.5, 0.6) is 0 Å². The Hall–Kier alpha value is -1.08. The van der Waals surface area contributed by atoms with E-state index in [1.54, 1.807) is 6.92 Å². The SMILES string of the molecule is CCNC(CCS(C)(=O)=O)c1ccc(F)c(F)c1F. The molecule has 0 amide bonds. The van der Waals surface area contributed by atoms with Gasteiger partial charge in [0.1, 0.15) is 9.84 Å². The van der Waals surface area contributed by atoms with E-state index in [1.165, 1.54) is 0 Å². The summed E-state index contributed by atoms with van der Waals surface area (Å²) in [4.78, 5) is 0. The van der Waals surface area contributed by atoms with E-state index in [2.05, 4.69) is 5.32 Å². The Balaban J connectivity index is 3.02. The standard InChI is InChI=1S/C12H16F3NO2S/c1-3-16-10(6-7-19(2,17)18)8-4-5-9(13)12(15)11(8)14/h4-5,10,16H,3,6-7H2,1-2H3. The van der Waals surface area contributed by atoms with E-state index >= 15 is 0 Å². The van der Waals surface area contributed by atoms with Crippen molar-refractivity contribution in [3.63, 3.8) is 0 Å². The first-order valence-electron chi connectivity index (χ1n) is 5.80. The quantitative estimate of drug-likeness (QED) is 0.818. The zero-order valence-electron chi connectivity index (χ0n) is 10.7. The monoisotopic (exact) mass is 295 g/mol. The van der Waals surface area contributed by atoms with Crippen LogP contribution in [0.2, 0.25) is 0 Å². The molecule has 108 valence electrons. The summed E-state index contributed by atoms with van der Waals surface area (Å²) < 4.78 is 61.9. The Morgan fingerprint density at radius 3 is 2.37 bits per heavy atom. The fraction of sp³-hybridized carbons (Fsp3) is 0.500. The van der Waals surface area contributed by atoms with Crippen LogP contribution in [0, 0.1) is 17.5 Å². The number of rotatable bonds is 6. The molecule has 0 saturated carbocycles. The molecular weight excluding hydrogens is 279 g/mol. The first kappa shape index (κ1) is 16.0. The summed E-state index contributed by atoms with van der Waals surface area (Å²) in [5.74, 6) is -4.25. The van der Waals surface area contributed by atoms with Crippen LogP contribution in [0.15, 0.2) is 12.1 Å². The van der Waals surface area contributed by atoms with Gasteiger partial charge in [-0.25, -0.2) is 21.6 Å². The third kappa shape index (κ3) is 4.50. The molecule has 0 aromatic heterocycles. The second kappa shape index (κ2) is 6.38. The molecule has 1 N–H and O–H groups in total. The Labute approximate surface area is 110 Å². The molecule has 0 aliphatic rings. The van der Waals surface area contributed by atoms with Crippen molar-refractivity contribution in [1.29, 1.82) is 0 Å². The predicted molar refractivity (Wildman–Crippen MR) is 67.1 cm³/mol. The van der Waals surface area contributed by atoms with Crippen molar-refractivity contribution >= 4 is 9.84 Å². The van der Waals surface area contributed by atoms with Crippen molar-refractivity contribution in [1.82, 2.24) is 5.32 Å². The van der Waals surface area contributed by atoms with Gasteiger partial charge >= 0.3 is 0 Å². The molecule has 1 atom stereocenters. The van der Waals surface area contributed by atoms with Crippen LogP contribution in [0.3, 0.4) is 0 Å². The highest BCUT2D eigenvalue weighted by molar-refractivity contribution is 7.90. The van der Waals surface area contributed by atoms with Crippen LogP contribution < -0.4 is 5.32 Å². The first-order valence-corrected chi connectivity index (χ1v) is 7.86. The lowest BCUT2D eigenvalue weighted by molar-refractivity contribution is 0.423. The van der Waals surface area contributed by atoms with Gasteiger partial charge in [-0.05, 0) is 19.0 Å². The number of nitrogens with one attached hydrogen (secondary N) is 1. The van der Waals surface area contributed by atoms with Gasteiger partial charge in [0.2, 0.25) is 0 Å². The third-order valence-electron chi connectivity index (χ3n) is 2.67. The maximum absolute atomic E-state index is 13.7. The zero-order valence-corrected chi connectivity index (χ0v) is 11.5. The topological polar surface area (TPSA) is 46.2 Å². The molecule has 0 spiro atoms. The predicted octanol–water partition coefficient (Wildman–Crippen LogP) is 2.19. The van der Waals surface area contributed by atoms with Gasteiger partial charge in [0.15, 0.2) is 17.5 Å². The second-order valence-electron chi connectivity index (χ2n) is 4.29. The third-order valence-corrected chi connectivity index (χ3v) is 3.65. The van der Waals surface area contributed by atoms with Crippen molar-refractivity contribution in [2.45, 2.75) is 19.4 Å². The number of hydrogen-bond acceptors (Lipinski definition) is 3. The molecule has 1 aromatic rings. The largest absolute Gasteiger partial charge is 0.310 e. The van der Waals surface area contributed by atoms with Crippen molar-refractivity contribution in [2.75, 3.05) is 18.6 Å². The molecule has 0 heterocycles. The van der Waals surface area contributed by atoms with E-state index < -0.39 is 33.3 Å². The fourth-order valence-electron chi connectivity index (χ4n) is 1.76. The van der Waals surface area contributed by atoms with E-state index in [-0.39, 0.29) is 17.7 Å². The minimum Gasteiger partial charge on any atom is -0.310 e. The summed E-state index contributed by atoms with van der Waals surface area (Å²) in [6, 6.07) is 1.29. The second-order valence-corrected chi connectivity index (χ2v) is 6.55.